The van der Waals surface area contributed by atoms with E-state index in [4.69, 9.17) is 9.47 Å². The van der Waals surface area contributed by atoms with Crippen LogP contribution in [0.1, 0.15) is 103 Å². The van der Waals surface area contributed by atoms with Crippen LogP contribution in [-0.2, 0) is 14.3 Å². The molecular formula is C24H44BrNO4. The standard InChI is InChI=1S/C24H44BrNO4/c1-3-4-5-6-7-8-9-10-11-12-16-19-26-24(28)30-21-22(2)20-29-23(27)17-14-13-15-18-25/h2-21H2,1H3,(H,26,28). The minimum absolute atomic E-state index is 0.0704. The summed E-state index contributed by atoms with van der Waals surface area (Å²) < 4.78 is 10.2. The SMILES string of the molecule is C=C(COC(=O)CCCCCBr)COC(=O)NCCCCCCCCCCCCC. The smallest absolute Gasteiger partial charge is 0.407 e. The number of unbranched alkanes of at least 4 members (excludes halogenated alkanes) is 12. The number of carbonyl (C=O) groups is 2. The second-order valence-electron chi connectivity index (χ2n) is 7.95. The Hall–Kier alpha value is -1.04. The van der Waals surface area contributed by atoms with Crippen molar-refractivity contribution in [2.45, 2.75) is 103 Å². The molecule has 0 aromatic heterocycles. The van der Waals surface area contributed by atoms with Crippen molar-refractivity contribution in [1.82, 2.24) is 5.32 Å². The van der Waals surface area contributed by atoms with Gasteiger partial charge in [-0.3, -0.25) is 4.79 Å². The Morgan fingerprint density at radius 3 is 1.90 bits per heavy atom. The zero-order chi connectivity index (χ0) is 22.3. The van der Waals surface area contributed by atoms with Gasteiger partial charge in [-0.2, -0.15) is 0 Å². The highest BCUT2D eigenvalue weighted by atomic mass is 79.9. The molecule has 1 amide bonds. The van der Waals surface area contributed by atoms with Crippen LogP contribution < -0.4 is 5.32 Å². The predicted octanol–water partition coefficient (Wildman–Crippen LogP) is 7.08. The van der Waals surface area contributed by atoms with Crippen LogP contribution in [0.15, 0.2) is 12.2 Å². The van der Waals surface area contributed by atoms with Crippen LogP contribution in [0, 0.1) is 0 Å². The summed E-state index contributed by atoms with van der Waals surface area (Å²) >= 11 is 3.36. The molecule has 0 rings (SSSR count). The third-order valence-electron chi connectivity index (χ3n) is 4.91. The minimum atomic E-state index is -0.440. The maximum absolute atomic E-state index is 11.7. The molecule has 0 aromatic carbocycles. The van der Waals surface area contributed by atoms with Crippen LogP contribution in [0.25, 0.3) is 0 Å². The zero-order valence-corrected chi connectivity index (χ0v) is 20.7. The molecule has 0 aromatic rings. The fourth-order valence-electron chi connectivity index (χ4n) is 3.04. The average molecular weight is 491 g/mol. The summed E-state index contributed by atoms with van der Waals surface area (Å²) in [5.41, 5.74) is 0.577. The second kappa shape index (κ2) is 22.6. The van der Waals surface area contributed by atoms with Gasteiger partial charge >= 0.3 is 12.1 Å². The fraction of sp³-hybridized carbons (Fsp3) is 0.833. The largest absolute Gasteiger partial charge is 0.461 e. The summed E-state index contributed by atoms with van der Waals surface area (Å²) in [7, 11) is 0. The monoisotopic (exact) mass is 489 g/mol. The molecule has 0 aliphatic carbocycles. The first-order chi connectivity index (χ1) is 14.6. The van der Waals surface area contributed by atoms with E-state index in [9.17, 15) is 9.59 Å². The van der Waals surface area contributed by atoms with Crippen LogP contribution in [0.5, 0.6) is 0 Å². The molecule has 0 atom stereocenters. The first kappa shape index (κ1) is 29.0. The van der Waals surface area contributed by atoms with E-state index in [0.29, 0.717) is 18.5 Å². The highest BCUT2D eigenvalue weighted by molar-refractivity contribution is 9.09. The lowest BCUT2D eigenvalue weighted by molar-refractivity contribution is -0.142. The van der Waals surface area contributed by atoms with Gasteiger partial charge in [0.05, 0.1) is 0 Å². The van der Waals surface area contributed by atoms with Crippen LogP contribution in [0.3, 0.4) is 0 Å². The lowest BCUT2D eigenvalue weighted by atomic mass is 10.1. The van der Waals surface area contributed by atoms with Crippen molar-refractivity contribution in [2.75, 3.05) is 25.1 Å². The molecule has 0 heterocycles. The lowest BCUT2D eigenvalue weighted by Crippen LogP contribution is -2.26. The molecule has 5 nitrogen and oxygen atoms in total. The van der Waals surface area contributed by atoms with Gasteiger partial charge in [0.1, 0.15) is 13.2 Å². The minimum Gasteiger partial charge on any atom is -0.461 e. The van der Waals surface area contributed by atoms with E-state index in [1.54, 1.807) is 0 Å². The maximum atomic E-state index is 11.7. The number of rotatable bonds is 21. The molecule has 30 heavy (non-hydrogen) atoms. The van der Waals surface area contributed by atoms with Gasteiger partial charge in [0, 0.05) is 18.3 Å². The Kier molecular flexibility index (Phi) is 21.9. The first-order valence-corrected chi connectivity index (χ1v) is 13.0. The van der Waals surface area contributed by atoms with Crippen LogP contribution in [0.2, 0.25) is 0 Å². The number of hydrogen-bond acceptors (Lipinski definition) is 4. The van der Waals surface area contributed by atoms with Crippen molar-refractivity contribution in [3.63, 3.8) is 0 Å². The van der Waals surface area contributed by atoms with Crippen molar-refractivity contribution >= 4 is 28.0 Å². The van der Waals surface area contributed by atoms with Crippen molar-refractivity contribution in [2.24, 2.45) is 0 Å². The number of carbonyl (C=O) groups excluding carboxylic acids is 2. The summed E-state index contributed by atoms with van der Waals surface area (Å²) in [6.45, 7) is 6.84. The van der Waals surface area contributed by atoms with E-state index in [1.807, 2.05) is 0 Å². The van der Waals surface area contributed by atoms with Gasteiger partial charge in [-0.1, -0.05) is 100 Å². The number of alkyl carbamates (subject to hydrolysis) is 1. The van der Waals surface area contributed by atoms with Gasteiger partial charge in [0.2, 0.25) is 0 Å². The highest BCUT2D eigenvalue weighted by Gasteiger charge is 2.06. The van der Waals surface area contributed by atoms with Crippen molar-refractivity contribution in [3.8, 4) is 0 Å². The molecular weight excluding hydrogens is 446 g/mol. The predicted molar refractivity (Wildman–Crippen MR) is 128 cm³/mol. The van der Waals surface area contributed by atoms with Gasteiger partial charge in [0.25, 0.3) is 0 Å². The van der Waals surface area contributed by atoms with E-state index in [0.717, 1.165) is 37.4 Å². The van der Waals surface area contributed by atoms with E-state index in [1.165, 1.54) is 57.8 Å². The van der Waals surface area contributed by atoms with Crippen LogP contribution >= 0.6 is 15.9 Å². The molecule has 0 aliphatic heterocycles. The van der Waals surface area contributed by atoms with Crippen molar-refractivity contribution < 1.29 is 19.1 Å². The van der Waals surface area contributed by atoms with Crippen LogP contribution in [0.4, 0.5) is 4.79 Å². The van der Waals surface area contributed by atoms with Crippen molar-refractivity contribution in [3.05, 3.63) is 12.2 Å². The fourth-order valence-corrected chi connectivity index (χ4v) is 3.43. The topological polar surface area (TPSA) is 64.6 Å². The average Bonchev–Trinajstić information content (AvgIpc) is 2.74. The third kappa shape index (κ3) is 21.7. The Morgan fingerprint density at radius 2 is 1.30 bits per heavy atom. The first-order valence-electron chi connectivity index (χ1n) is 11.9. The molecule has 0 spiro atoms. The Balaban J connectivity index is 3.42. The summed E-state index contributed by atoms with van der Waals surface area (Å²) in [6, 6.07) is 0. The van der Waals surface area contributed by atoms with Crippen LogP contribution in [-0.4, -0.2) is 37.2 Å². The Bertz CT molecular complexity index is 443. The van der Waals surface area contributed by atoms with Gasteiger partial charge in [0.15, 0.2) is 0 Å². The molecule has 0 aliphatic rings. The van der Waals surface area contributed by atoms with E-state index in [-0.39, 0.29) is 19.2 Å². The van der Waals surface area contributed by atoms with Gasteiger partial charge < -0.3 is 14.8 Å². The summed E-state index contributed by atoms with van der Waals surface area (Å²) in [6.07, 6.45) is 17.0. The van der Waals surface area contributed by atoms with E-state index in [2.05, 4.69) is 34.7 Å². The van der Waals surface area contributed by atoms with Gasteiger partial charge in [-0.15, -0.1) is 0 Å². The molecule has 0 fully saturated rings. The number of halogens is 1. The molecule has 0 saturated carbocycles. The summed E-state index contributed by atoms with van der Waals surface area (Å²) in [4.78, 5) is 23.3. The molecule has 0 unspecified atom stereocenters. The summed E-state index contributed by atoms with van der Waals surface area (Å²) in [5, 5.41) is 3.72. The lowest BCUT2D eigenvalue weighted by Gasteiger charge is -2.10. The van der Waals surface area contributed by atoms with Gasteiger partial charge in [-0.05, 0) is 24.8 Å². The van der Waals surface area contributed by atoms with E-state index < -0.39 is 6.09 Å². The zero-order valence-electron chi connectivity index (χ0n) is 19.2. The molecule has 1 N–H and O–H groups in total. The quantitative estimate of drug-likeness (QED) is 0.0808. The Labute approximate surface area is 192 Å². The molecule has 176 valence electrons. The summed E-state index contributed by atoms with van der Waals surface area (Å²) in [5.74, 6) is -0.230. The molecule has 0 bridgehead atoms. The number of amides is 1. The number of hydrogen-bond donors (Lipinski definition) is 1. The van der Waals surface area contributed by atoms with E-state index >= 15 is 0 Å². The second-order valence-corrected chi connectivity index (χ2v) is 8.74. The normalized spacial score (nSPS) is 10.6. The maximum Gasteiger partial charge on any atom is 0.407 e. The third-order valence-corrected chi connectivity index (χ3v) is 5.47. The highest BCUT2D eigenvalue weighted by Crippen LogP contribution is 2.11. The van der Waals surface area contributed by atoms with Gasteiger partial charge in [-0.25, -0.2) is 4.79 Å². The molecule has 6 heteroatoms. The number of nitrogens with one attached hydrogen (secondary N) is 1. The molecule has 0 saturated heterocycles. The Morgan fingerprint density at radius 1 is 0.767 bits per heavy atom. The number of ether oxygens (including phenoxy) is 2. The number of esters is 1. The molecule has 0 radical (unpaired) electrons. The number of alkyl halides is 1. The van der Waals surface area contributed by atoms with Crippen molar-refractivity contribution in [1.29, 1.82) is 0 Å².